The lowest BCUT2D eigenvalue weighted by atomic mass is 10.0. The Morgan fingerprint density at radius 2 is 2.22 bits per heavy atom. The average molecular weight is 344 g/mol. The molecule has 0 bridgehead atoms. The number of ketones is 1. The summed E-state index contributed by atoms with van der Waals surface area (Å²) < 4.78 is 5.35. The van der Waals surface area contributed by atoms with E-state index in [4.69, 9.17) is 16.0 Å². The van der Waals surface area contributed by atoms with Crippen LogP contribution in [-0.2, 0) is 0 Å². The number of halogens is 1. The van der Waals surface area contributed by atoms with E-state index in [-0.39, 0.29) is 11.5 Å². The second kappa shape index (κ2) is 6.32. The van der Waals surface area contributed by atoms with E-state index in [2.05, 4.69) is 9.97 Å². The summed E-state index contributed by atoms with van der Waals surface area (Å²) >= 11 is 7.43. The molecular weight excluding hydrogens is 334 g/mol. The fourth-order valence-corrected chi connectivity index (χ4v) is 3.18. The Balaban J connectivity index is 2.03. The minimum absolute atomic E-state index is 0.0810. The quantitative estimate of drug-likeness (QED) is 0.661. The number of aryl methyl sites for hydroxylation is 1. The van der Waals surface area contributed by atoms with Gasteiger partial charge >= 0.3 is 0 Å². The third kappa shape index (κ3) is 2.89. The molecule has 3 rings (SSSR count). The highest BCUT2D eigenvalue weighted by atomic mass is 35.5. The molecule has 0 spiro atoms. The van der Waals surface area contributed by atoms with Crippen LogP contribution < -0.4 is 0 Å². The molecule has 0 unspecified atom stereocenters. The number of thiazole rings is 1. The van der Waals surface area contributed by atoms with Gasteiger partial charge in [-0.1, -0.05) is 23.7 Å². The maximum atomic E-state index is 12.7. The summed E-state index contributed by atoms with van der Waals surface area (Å²) in [6.45, 7) is 1.81. The van der Waals surface area contributed by atoms with Gasteiger partial charge in [0.05, 0.1) is 11.1 Å². The van der Waals surface area contributed by atoms with Crippen molar-refractivity contribution in [3.05, 3.63) is 57.5 Å². The number of aromatic nitrogens is 2. The second-order valence-corrected chi connectivity index (χ2v) is 6.06. The molecular formula is C16H10ClN3O2S. The van der Waals surface area contributed by atoms with E-state index in [0.29, 0.717) is 15.6 Å². The molecule has 3 aromatic rings. The van der Waals surface area contributed by atoms with E-state index >= 15 is 0 Å². The summed E-state index contributed by atoms with van der Waals surface area (Å²) in [7, 11) is 0. The van der Waals surface area contributed by atoms with Crippen LogP contribution in [0.1, 0.15) is 27.1 Å². The van der Waals surface area contributed by atoms with Crippen molar-refractivity contribution in [1.29, 1.82) is 5.26 Å². The molecule has 7 heteroatoms. The Hall–Kier alpha value is -2.49. The molecule has 0 fully saturated rings. The second-order valence-electron chi connectivity index (χ2n) is 4.76. The molecule has 2 heterocycles. The predicted octanol–water partition coefficient (Wildman–Crippen LogP) is 4.25. The van der Waals surface area contributed by atoms with Gasteiger partial charge in [0.15, 0.2) is 23.8 Å². The minimum atomic E-state index is -1.01. The number of carbonyl (C=O) groups is 1. The third-order valence-electron chi connectivity index (χ3n) is 3.19. The summed E-state index contributed by atoms with van der Waals surface area (Å²) in [6.07, 6.45) is 1.17. The van der Waals surface area contributed by atoms with Crippen molar-refractivity contribution in [3.8, 4) is 17.4 Å². The number of nitrogens with zero attached hydrogens (tertiary/aromatic N) is 3. The molecule has 0 aliphatic heterocycles. The Morgan fingerprint density at radius 1 is 1.43 bits per heavy atom. The van der Waals surface area contributed by atoms with Crippen molar-refractivity contribution >= 4 is 28.7 Å². The zero-order valence-corrected chi connectivity index (χ0v) is 13.6. The summed E-state index contributed by atoms with van der Waals surface area (Å²) in [5, 5.41) is 12.1. The number of hydrogen-bond donors (Lipinski definition) is 0. The first-order valence-electron chi connectivity index (χ1n) is 6.66. The molecule has 2 aromatic heterocycles. The fraction of sp³-hybridized carbons (Fsp3) is 0.125. The molecule has 114 valence electrons. The predicted molar refractivity (Wildman–Crippen MR) is 86.5 cm³/mol. The number of Topliss-reactive ketones (excluding diaryl/α,β-unsaturated/α-hetero) is 1. The van der Waals surface area contributed by atoms with Crippen LogP contribution in [0.25, 0.3) is 11.3 Å². The van der Waals surface area contributed by atoms with Gasteiger partial charge in [-0.2, -0.15) is 5.26 Å². The van der Waals surface area contributed by atoms with Gasteiger partial charge in [0.1, 0.15) is 5.01 Å². The molecule has 5 nitrogen and oxygen atoms in total. The molecule has 0 aliphatic rings. The van der Waals surface area contributed by atoms with Crippen LogP contribution in [0.2, 0.25) is 5.02 Å². The highest BCUT2D eigenvalue weighted by Gasteiger charge is 2.30. The third-order valence-corrected chi connectivity index (χ3v) is 4.55. The van der Waals surface area contributed by atoms with Crippen molar-refractivity contribution in [2.24, 2.45) is 0 Å². The van der Waals surface area contributed by atoms with E-state index in [1.54, 1.807) is 29.6 Å². The Morgan fingerprint density at radius 3 is 2.87 bits per heavy atom. The average Bonchev–Trinajstić information content (AvgIpc) is 3.18. The maximum Gasteiger partial charge on any atom is 0.209 e. The molecule has 0 amide bonds. The zero-order valence-electron chi connectivity index (χ0n) is 12.0. The van der Waals surface area contributed by atoms with Gasteiger partial charge < -0.3 is 4.42 Å². The number of nitriles is 1. The molecule has 1 aromatic carbocycles. The SMILES string of the molecule is Cc1csc([C@@H](C#N)C(=O)c2ncoc2-c2ccccc2Cl)n1. The molecule has 1 atom stereocenters. The molecule has 0 N–H and O–H groups in total. The number of benzene rings is 1. The van der Waals surface area contributed by atoms with Gasteiger partial charge in [-0.05, 0) is 19.1 Å². The van der Waals surface area contributed by atoms with Crippen LogP contribution in [0, 0.1) is 18.3 Å². The van der Waals surface area contributed by atoms with Crippen LogP contribution in [0.4, 0.5) is 0 Å². The van der Waals surface area contributed by atoms with Crippen molar-refractivity contribution in [1.82, 2.24) is 9.97 Å². The number of oxazole rings is 1. The maximum absolute atomic E-state index is 12.7. The molecule has 0 radical (unpaired) electrons. The molecule has 0 saturated heterocycles. The highest BCUT2D eigenvalue weighted by molar-refractivity contribution is 7.10. The standard InChI is InChI=1S/C16H10ClN3O2S/c1-9-7-23-16(20-9)11(6-18)14(21)13-15(22-8-19-13)10-4-2-3-5-12(10)17/h2-5,7-8,11H,1H3/t11-/m0/s1. The lowest BCUT2D eigenvalue weighted by Gasteiger charge is -2.05. The first-order chi connectivity index (χ1) is 11.1. The summed E-state index contributed by atoms with van der Waals surface area (Å²) in [4.78, 5) is 20.9. The first-order valence-corrected chi connectivity index (χ1v) is 7.92. The van der Waals surface area contributed by atoms with E-state index in [9.17, 15) is 10.1 Å². The number of rotatable bonds is 4. The van der Waals surface area contributed by atoms with Gasteiger partial charge in [-0.3, -0.25) is 4.79 Å². The van der Waals surface area contributed by atoms with Crippen LogP contribution in [0.15, 0.2) is 40.5 Å². The highest BCUT2D eigenvalue weighted by Crippen LogP contribution is 2.33. The topological polar surface area (TPSA) is 79.8 Å². The first kappa shape index (κ1) is 15.4. The normalized spacial score (nSPS) is 11.9. The minimum Gasteiger partial charge on any atom is -0.443 e. The van der Waals surface area contributed by atoms with Crippen LogP contribution >= 0.6 is 22.9 Å². The largest absolute Gasteiger partial charge is 0.443 e. The fourth-order valence-electron chi connectivity index (χ4n) is 2.13. The Labute approximate surface area is 141 Å². The van der Waals surface area contributed by atoms with Crippen LogP contribution in [-0.4, -0.2) is 15.8 Å². The van der Waals surface area contributed by atoms with Gasteiger partial charge in [0.2, 0.25) is 5.78 Å². The van der Waals surface area contributed by atoms with Crippen molar-refractivity contribution in [2.45, 2.75) is 12.8 Å². The van der Waals surface area contributed by atoms with Crippen LogP contribution in [0.3, 0.4) is 0 Å². The van der Waals surface area contributed by atoms with Crippen molar-refractivity contribution in [3.63, 3.8) is 0 Å². The Bertz CT molecular complexity index is 910. The van der Waals surface area contributed by atoms with E-state index in [1.807, 2.05) is 13.0 Å². The van der Waals surface area contributed by atoms with Gasteiger partial charge in [0.25, 0.3) is 0 Å². The lowest BCUT2D eigenvalue weighted by molar-refractivity contribution is 0.0975. The van der Waals surface area contributed by atoms with E-state index < -0.39 is 11.7 Å². The lowest BCUT2D eigenvalue weighted by Crippen LogP contribution is -2.12. The van der Waals surface area contributed by atoms with E-state index in [1.165, 1.54) is 17.7 Å². The Kier molecular flexibility index (Phi) is 4.24. The number of carbonyl (C=O) groups excluding carboxylic acids is 1. The summed E-state index contributed by atoms with van der Waals surface area (Å²) in [5.74, 6) is -1.21. The monoisotopic (exact) mass is 343 g/mol. The molecule has 0 saturated carbocycles. The molecule has 0 aliphatic carbocycles. The summed E-state index contributed by atoms with van der Waals surface area (Å²) in [5.41, 5.74) is 1.41. The zero-order chi connectivity index (χ0) is 16.4. The van der Waals surface area contributed by atoms with Crippen molar-refractivity contribution in [2.75, 3.05) is 0 Å². The summed E-state index contributed by atoms with van der Waals surface area (Å²) in [6, 6.07) is 8.98. The van der Waals surface area contributed by atoms with Gasteiger partial charge in [0, 0.05) is 16.6 Å². The van der Waals surface area contributed by atoms with E-state index in [0.717, 1.165) is 5.69 Å². The van der Waals surface area contributed by atoms with Crippen LogP contribution in [0.5, 0.6) is 0 Å². The smallest absolute Gasteiger partial charge is 0.209 e. The van der Waals surface area contributed by atoms with Gasteiger partial charge in [-0.25, -0.2) is 9.97 Å². The van der Waals surface area contributed by atoms with Crippen molar-refractivity contribution < 1.29 is 9.21 Å². The molecule has 23 heavy (non-hydrogen) atoms. The number of hydrogen-bond acceptors (Lipinski definition) is 6. The van der Waals surface area contributed by atoms with Gasteiger partial charge in [-0.15, -0.1) is 11.3 Å².